The lowest BCUT2D eigenvalue weighted by Crippen LogP contribution is -2.01. The maximum absolute atomic E-state index is 11.6. The highest BCUT2D eigenvalue weighted by Gasteiger charge is 2.17. The predicted octanol–water partition coefficient (Wildman–Crippen LogP) is 3.30. The Bertz CT molecular complexity index is 1110. The lowest BCUT2D eigenvalue weighted by atomic mass is 10.1. The molecule has 0 bridgehead atoms. The third kappa shape index (κ3) is 4.18. The van der Waals surface area contributed by atoms with E-state index in [1.54, 1.807) is 42.6 Å². The van der Waals surface area contributed by atoms with Gasteiger partial charge < -0.3 is 18.9 Å². The number of H-pyrrole nitrogens is 1. The zero-order chi connectivity index (χ0) is 21.7. The smallest absolute Gasteiger partial charge is 0.337 e. The van der Waals surface area contributed by atoms with E-state index in [1.807, 2.05) is 0 Å². The van der Waals surface area contributed by atoms with E-state index in [1.165, 1.54) is 33.1 Å². The van der Waals surface area contributed by atoms with Crippen LogP contribution in [0.25, 0.3) is 11.4 Å². The van der Waals surface area contributed by atoms with Crippen molar-refractivity contribution in [2.75, 3.05) is 28.4 Å². The molecular weight excluding hydrogens is 408 g/mol. The Balaban J connectivity index is 1.99. The molecule has 0 aliphatic heterocycles. The molecule has 0 saturated carbocycles. The van der Waals surface area contributed by atoms with Gasteiger partial charge in [0.1, 0.15) is 0 Å². The number of ether oxygens (including phenoxy) is 4. The van der Waals surface area contributed by atoms with Crippen molar-refractivity contribution < 1.29 is 23.7 Å². The van der Waals surface area contributed by atoms with E-state index in [0.29, 0.717) is 39.0 Å². The number of hydrogen-bond donors (Lipinski definition) is 1. The van der Waals surface area contributed by atoms with Gasteiger partial charge in [-0.05, 0) is 42.0 Å². The standard InChI is InChI=1S/C20H20N4O5S/c1-26-15-9-14(10-16(27-2)17(15)28-3)18-22-23-20(30)24(18)21-11-12-5-7-13(8-6-12)19(25)29-4/h5-11H,1-4H3,(H,23,30)/b21-11+. The maximum Gasteiger partial charge on any atom is 0.337 e. The van der Waals surface area contributed by atoms with Crippen LogP contribution in [-0.4, -0.2) is 55.5 Å². The van der Waals surface area contributed by atoms with Gasteiger partial charge in [-0.25, -0.2) is 9.89 Å². The van der Waals surface area contributed by atoms with Crippen molar-refractivity contribution in [1.82, 2.24) is 14.9 Å². The second kappa shape index (κ2) is 9.23. The van der Waals surface area contributed by atoms with Crippen LogP contribution < -0.4 is 14.2 Å². The fourth-order valence-electron chi connectivity index (χ4n) is 2.74. The summed E-state index contributed by atoms with van der Waals surface area (Å²) in [5.41, 5.74) is 1.88. The minimum absolute atomic E-state index is 0.307. The first kappa shape index (κ1) is 21.1. The molecule has 1 aromatic heterocycles. The summed E-state index contributed by atoms with van der Waals surface area (Å²) in [5.74, 6) is 1.49. The first-order chi connectivity index (χ1) is 14.5. The molecule has 0 spiro atoms. The second-order valence-electron chi connectivity index (χ2n) is 5.94. The van der Waals surface area contributed by atoms with Crippen LogP contribution in [0.1, 0.15) is 15.9 Å². The monoisotopic (exact) mass is 428 g/mol. The number of aromatic amines is 1. The van der Waals surface area contributed by atoms with Crippen molar-refractivity contribution in [2.24, 2.45) is 5.10 Å². The first-order valence-electron chi connectivity index (χ1n) is 8.73. The van der Waals surface area contributed by atoms with Crippen LogP contribution in [0.3, 0.4) is 0 Å². The average molecular weight is 428 g/mol. The Morgan fingerprint density at radius 2 is 1.70 bits per heavy atom. The predicted molar refractivity (Wildman–Crippen MR) is 113 cm³/mol. The van der Waals surface area contributed by atoms with Crippen LogP contribution in [0.2, 0.25) is 0 Å². The van der Waals surface area contributed by atoms with Gasteiger partial charge in [-0.2, -0.15) is 14.9 Å². The average Bonchev–Trinajstić information content (AvgIpc) is 3.16. The zero-order valence-electron chi connectivity index (χ0n) is 16.8. The molecule has 0 atom stereocenters. The van der Waals surface area contributed by atoms with Crippen molar-refractivity contribution in [3.8, 4) is 28.6 Å². The van der Waals surface area contributed by atoms with Gasteiger partial charge >= 0.3 is 5.97 Å². The van der Waals surface area contributed by atoms with E-state index < -0.39 is 5.97 Å². The molecule has 9 nitrogen and oxygen atoms in total. The Labute approximate surface area is 177 Å². The molecule has 0 fully saturated rings. The molecular formula is C20H20N4O5S. The van der Waals surface area contributed by atoms with Crippen LogP contribution in [0.15, 0.2) is 41.5 Å². The molecule has 10 heteroatoms. The molecule has 1 N–H and O–H groups in total. The largest absolute Gasteiger partial charge is 0.493 e. The van der Waals surface area contributed by atoms with E-state index in [2.05, 4.69) is 15.3 Å². The van der Waals surface area contributed by atoms with E-state index in [0.717, 1.165) is 5.56 Å². The highest BCUT2D eigenvalue weighted by molar-refractivity contribution is 7.71. The molecule has 3 rings (SSSR count). The van der Waals surface area contributed by atoms with Gasteiger partial charge in [0.05, 0.1) is 40.2 Å². The Hall–Kier alpha value is -3.66. The normalized spacial score (nSPS) is 10.8. The topological polar surface area (TPSA) is 100.0 Å². The number of carbonyl (C=O) groups is 1. The number of nitrogens with zero attached hydrogens (tertiary/aromatic N) is 3. The summed E-state index contributed by atoms with van der Waals surface area (Å²) in [4.78, 5) is 11.6. The van der Waals surface area contributed by atoms with Crippen LogP contribution in [0.5, 0.6) is 17.2 Å². The van der Waals surface area contributed by atoms with Gasteiger partial charge in [0, 0.05) is 5.56 Å². The molecule has 0 aliphatic rings. The van der Waals surface area contributed by atoms with Gasteiger partial charge in [-0.15, -0.1) is 0 Å². The Kier molecular flexibility index (Phi) is 6.48. The molecule has 0 radical (unpaired) electrons. The molecule has 3 aromatic rings. The number of benzene rings is 2. The second-order valence-corrected chi connectivity index (χ2v) is 6.32. The molecule has 156 valence electrons. The molecule has 30 heavy (non-hydrogen) atoms. The SMILES string of the molecule is COC(=O)c1ccc(/C=N/n2c(-c3cc(OC)c(OC)c(OC)c3)n[nH]c2=S)cc1. The lowest BCUT2D eigenvalue weighted by Gasteiger charge is -2.13. The molecule has 0 amide bonds. The van der Waals surface area contributed by atoms with Crippen LogP contribution in [-0.2, 0) is 4.74 Å². The number of nitrogens with one attached hydrogen (secondary N) is 1. The van der Waals surface area contributed by atoms with Gasteiger partial charge in [0.2, 0.25) is 10.5 Å². The quantitative estimate of drug-likeness (QED) is 0.350. The maximum atomic E-state index is 11.6. The molecule has 2 aromatic carbocycles. The number of hydrogen-bond acceptors (Lipinski definition) is 8. The molecule has 0 unspecified atom stereocenters. The van der Waals surface area contributed by atoms with Crippen molar-refractivity contribution in [2.45, 2.75) is 0 Å². The summed E-state index contributed by atoms with van der Waals surface area (Å²) in [7, 11) is 5.94. The summed E-state index contributed by atoms with van der Waals surface area (Å²) in [6, 6.07) is 10.3. The van der Waals surface area contributed by atoms with Crippen LogP contribution in [0.4, 0.5) is 0 Å². The fraction of sp³-hybridized carbons (Fsp3) is 0.200. The third-order valence-corrected chi connectivity index (χ3v) is 4.49. The van der Waals surface area contributed by atoms with E-state index in [9.17, 15) is 4.79 Å². The number of aromatic nitrogens is 3. The van der Waals surface area contributed by atoms with Gasteiger partial charge in [0.25, 0.3) is 0 Å². The zero-order valence-corrected chi connectivity index (χ0v) is 17.6. The molecule has 1 heterocycles. The van der Waals surface area contributed by atoms with Gasteiger partial charge in [-0.3, -0.25) is 0 Å². The summed E-state index contributed by atoms with van der Waals surface area (Å²) < 4.78 is 22.6. The summed E-state index contributed by atoms with van der Waals surface area (Å²) >= 11 is 5.31. The van der Waals surface area contributed by atoms with Crippen molar-refractivity contribution in [3.05, 3.63) is 52.3 Å². The summed E-state index contributed by atoms with van der Waals surface area (Å²) in [5, 5.41) is 11.4. The number of carbonyl (C=O) groups excluding carboxylic acids is 1. The van der Waals surface area contributed by atoms with E-state index >= 15 is 0 Å². The number of esters is 1. The van der Waals surface area contributed by atoms with Crippen molar-refractivity contribution >= 4 is 24.4 Å². The first-order valence-corrected chi connectivity index (χ1v) is 9.13. The minimum atomic E-state index is -0.403. The lowest BCUT2D eigenvalue weighted by molar-refractivity contribution is 0.0600. The molecule has 0 saturated heterocycles. The highest BCUT2D eigenvalue weighted by Crippen LogP contribution is 2.40. The van der Waals surface area contributed by atoms with Gasteiger partial charge in [-0.1, -0.05) is 12.1 Å². The van der Waals surface area contributed by atoms with Crippen molar-refractivity contribution in [3.63, 3.8) is 0 Å². The summed E-state index contributed by atoms with van der Waals surface area (Å²) in [6.45, 7) is 0. The Morgan fingerprint density at radius 1 is 1.07 bits per heavy atom. The summed E-state index contributed by atoms with van der Waals surface area (Å²) in [6.07, 6.45) is 1.61. The minimum Gasteiger partial charge on any atom is -0.493 e. The highest BCUT2D eigenvalue weighted by atomic mass is 32.1. The van der Waals surface area contributed by atoms with E-state index in [-0.39, 0.29) is 0 Å². The van der Waals surface area contributed by atoms with Gasteiger partial charge in [0.15, 0.2) is 17.3 Å². The third-order valence-electron chi connectivity index (χ3n) is 4.23. The fourth-order valence-corrected chi connectivity index (χ4v) is 2.92. The van der Waals surface area contributed by atoms with Crippen LogP contribution in [0, 0.1) is 4.77 Å². The van der Waals surface area contributed by atoms with Crippen molar-refractivity contribution in [1.29, 1.82) is 0 Å². The molecule has 0 aliphatic carbocycles. The van der Waals surface area contributed by atoms with E-state index in [4.69, 9.17) is 31.2 Å². The number of methoxy groups -OCH3 is 4. The van der Waals surface area contributed by atoms with Crippen LogP contribution >= 0.6 is 12.2 Å². The number of rotatable bonds is 7. The Morgan fingerprint density at radius 3 is 2.23 bits per heavy atom.